The predicted molar refractivity (Wildman–Crippen MR) is 79.7 cm³/mol. The van der Waals surface area contributed by atoms with Crippen LogP contribution in [-0.2, 0) is 4.79 Å². The number of thioether (sulfide) groups is 1. The first-order valence-corrected chi connectivity index (χ1v) is 8.05. The molecule has 1 aliphatic rings. The summed E-state index contributed by atoms with van der Waals surface area (Å²) in [6.45, 7) is 2.39. The zero-order valence-corrected chi connectivity index (χ0v) is 12.8. The molecule has 9 heteroatoms. The fraction of sp³-hybridized carbons (Fsp3) is 0.333. The highest BCUT2D eigenvalue weighted by atomic mass is 32.2. The lowest BCUT2D eigenvalue weighted by Crippen LogP contribution is -2.37. The van der Waals surface area contributed by atoms with Crippen LogP contribution in [0, 0.1) is 6.92 Å². The second-order valence-electron chi connectivity index (χ2n) is 4.51. The Bertz CT molecular complexity index is 689. The van der Waals surface area contributed by atoms with Crippen molar-refractivity contribution in [2.75, 3.05) is 18.8 Å². The minimum absolute atomic E-state index is 0.184. The Kier molecular flexibility index (Phi) is 3.68. The van der Waals surface area contributed by atoms with Crippen molar-refractivity contribution in [2.24, 2.45) is 0 Å². The largest absolute Gasteiger partial charge is 0.349 e. The van der Waals surface area contributed by atoms with Gasteiger partial charge in [-0.3, -0.25) is 23.7 Å². The van der Waals surface area contributed by atoms with Crippen LogP contribution in [-0.4, -0.2) is 50.2 Å². The smallest absolute Gasteiger partial charge is 0.288 e. The molecule has 0 spiro atoms. The summed E-state index contributed by atoms with van der Waals surface area (Å²) in [4.78, 5) is 42.0. The molecule has 0 saturated carbocycles. The van der Waals surface area contributed by atoms with Crippen LogP contribution in [0.15, 0.2) is 12.4 Å². The average Bonchev–Trinajstić information content (AvgIpc) is 3.05. The molecule has 3 heterocycles. The molecule has 1 N–H and O–H groups in total. The molecule has 0 bridgehead atoms. The van der Waals surface area contributed by atoms with Gasteiger partial charge in [0, 0.05) is 30.4 Å². The van der Waals surface area contributed by atoms with Gasteiger partial charge in [-0.2, -0.15) is 0 Å². The highest BCUT2D eigenvalue weighted by Crippen LogP contribution is 2.18. The zero-order chi connectivity index (χ0) is 15.0. The Balaban J connectivity index is 1.57. The van der Waals surface area contributed by atoms with Crippen LogP contribution in [0.2, 0.25) is 0 Å². The Morgan fingerprint density at radius 3 is 2.90 bits per heavy atom. The summed E-state index contributed by atoms with van der Waals surface area (Å²) < 4.78 is 1.80. The van der Waals surface area contributed by atoms with E-state index in [9.17, 15) is 14.4 Å². The van der Waals surface area contributed by atoms with Gasteiger partial charge in [0.05, 0.1) is 5.75 Å². The topological polar surface area (TPSA) is 83.8 Å². The van der Waals surface area contributed by atoms with Gasteiger partial charge >= 0.3 is 0 Å². The van der Waals surface area contributed by atoms with E-state index in [2.05, 4.69) is 10.3 Å². The maximum atomic E-state index is 12.0. The molecule has 0 aromatic carbocycles. The van der Waals surface area contributed by atoms with Crippen LogP contribution in [0.4, 0.5) is 4.79 Å². The fourth-order valence-corrected chi connectivity index (χ4v) is 3.55. The third-order valence-electron chi connectivity index (χ3n) is 2.97. The second kappa shape index (κ2) is 5.49. The highest BCUT2D eigenvalue weighted by molar-refractivity contribution is 8.14. The lowest BCUT2D eigenvalue weighted by Gasteiger charge is -2.12. The molecule has 2 aromatic rings. The number of nitrogens with one attached hydrogen (secondary N) is 1. The summed E-state index contributed by atoms with van der Waals surface area (Å²) >= 11 is 2.49. The molecule has 0 atom stereocenters. The summed E-state index contributed by atoms with van der Waals surface area (Å²) in [5, 5.41) is 2.41. The van der Waals surface area contributed by atoms with Gasteiger partial charge in [0.2, 0.25) is 5.91 Å². The molecule has 2 aromatic heterocycles. The molecule has 110 valence electrons. The van der Waals surface area contributed by atoms with Gasteiger partial charge in [-0.05, 0) is 6.92 Å². The van der Waals surface area contributed by atoms with Gasteiger partial charge in [0.15, 0.2) is 4.96 Å². The zero-order valence-electron chi connectivity index (χ0n) is 11.2. The molecule has 3 amide bonds. The van der Waals surface area contributed by atoms with Crippen LogP contribution in [0.25, 0.3) is 4.96 Å². The summed E-state index contributed by atoms with van der Waals surface area (Å²) in [7, 11) is 0. The first kappa shape index (κ1) is 14.1. The van der Waals surface area contributed by atoms with Crippen LogP contribution in [0.1, 0.15) is 15.4 Å². The lowest BCUT2D eigenvalue weighted by atomic mass is 10.4. The van der Waals surface area contributed by atoms with Crippen molar-refractivity contribution in [2.45, 2.75) is 6.92 Å². The number of carbonyl (C=O) groups is 3. The standard InChI is InChI=1S/C12H12N4O3S2/c1-7-4-15-5-8(14-11(15)21-7)10(18)13-2-3-16-9(17)6-20-12(16)19/h4-5H,2-3,6H2,1H3,(H,13,18). The minimum atomic E-state index is -0.310. The molecule has 7 nitrogen and oxygen atoms in total. The number of hydrogen-bond acceptors (Lipinski definition) is 6. The highest BCUT2D eigenvalue weighted by Gasteiger charge is 2.29. The van der Waals surface area contributed by atoms with E-state index < -0.39 is 0 Å². The van der Waals surface area contributed by atoms with Crippen molar-refractivity contribution in [1.29, 1.82) is 0 Å². The number of aromatic nitrogens is 2. The molecule has 1 saturated heterocycles. The van der Waals surface area contributed by atoms with Gasteiger partial charge < -0.3 is 5.32 Å². The molecule has 1 fully saturated rings. The Morgan fingerprint density at radius 1 is 1.43 bits per heavy atom. The number of rotatable bonds is 4. The van der Waals surface area contributed by atoms with Gasteiger partial charge in [0.25, 0.3) is 11.1 Å². The summed E-state index contributed by atoms with van der Waals surface area (Å²) in [6.07, 6.45) is 3.57. The van der Waals surface area contributed by atoms with Gasteiger partial charge in [0.1, 0.15) is 5.69 Å². The predicted octanol–water partition coefficient (Wildman–Crippen LogP) is 1.13. The summed E-state index contributed by atoms with van der Waals surface area (Å²) in [5.41, 5.74) is 0.328. The molecule has 1 aliphatic heterocycles. The van der Waals surface area contributed by atoms with Crippen LogP contribution < -0.4 is 5.32 Å². The molecule has 21 heavy (non-hydrogen) atoms. The monoisotopic (exact) mass is 324 g/mol. The first-order chi connectivity index (χ1) is 10.0. The van der Waals surface area contributed by atoms with E-state index in [1.807, 2.05) is 13.1 Å². The van der Waals surface area contributed by atoms with Crippen molar-refractivity contribution < 1.29 is 14.4 Å². The number of thiazole rings is 1. The Hall–Kier alpha value is -1.87. The van der Waals surface area contributed by atoms with Gasteiger partial charge in [-0.1, -0.05) is 11.8 Å². The third kappa shape index (κ3) is 2.79. The molecular formula is C12H12N4O3S2. The maximum absolute atomic E-state index is 12.0. The van der Waals surface area contributed by atoms with E-state index in [4.69, 9.17) is 0 Å². The normalized spacial score (nSPS) is 15.2. The second-order valence-corrected chi connectivity index (χ2v) is 6.65. The van der Waals surface area contributed by atoms with Crippen molar-refractivity contribution in [3.63, 3.8) is 0 Å². The number of aryl methyl sites for hydroxylation is 1. The van der Waals surface area contributed by atoms with E-state index in [1.165, 1.54) is 11.3 Å². The number of imidazole rings is 1. The summed E-state index contributed by atoms with van der Waals surface area (Å²) in [5.74, 6) is -0.337. The lowest BCUT2D eigenvalue weighted by molar-refractivity contribution is -0.124. The summed E-state index contributed by atoms with van der Waals surface area (Å²) in [6, 6.07) is 0. The molecule has 0 radical (unpaired) electrons. The molecule has 0 aliphatic carbocycles. The number of carbonyl (C=O) groups excluding carboxylic acids is 3. The number of fused-ring (bicyclic) bond motifs is 1. The maximum Gasteiger partial charge on any atom is 0.288 e. The van der Waals surface area contributed by atoms with E-state index >= 15 is 0 Å². The van der Waals surface area contributed by atoms with Crippen LogP contribution in [0.5, 0.6) is 0 Å². The fourth-order valence-electron chi connectivity index (χ4n) is 1.99. The van der Waals surface area contributed by atoms with Gasteiger partial charge in [-0.15, -0.1) is 11.3 Å². The number of amides is 3. The van der Waals surface area contributed by atoms with E-state index in [-0.39, 0.29) is 35.9 Å². The van der Waals surface area contributed by atoms with Crippen molar-refractivity contribution in [3.8, 4) is 0 Å². The number of nitrogens with zero attached hydrogens (tertiary/aromatic N) is 3. The third-order valence-corrected chi connectivity index (χ3v) is 4.74. The minimum Gasteiger partial charge on any atom is -0.349 e. The first-order valence-electron chi connectivity index (χ1n) is 6.25. The van der Waals surface area contributed by atoms with E-state index in [0.29, 0.717) is 5.69 Å². The van der Waals surface area contributed by atoms with Crippen molar-refractivity contribution in [1.82, 2.24) is 19.6 Å². The molecule has 3 rings (SSSR count). The van der Waals surface area contributed by atoms with Crippen LogP contribution in [0.3, 0.4) is 0 Å². The van der Waals surface area contributed by atoms with E-state index in [1.54, 1.807) is 10.6 Å². The molecule has 0 unspecified atom stereocenters. The van der Waals surface area contributed by atoms with Crippen molar-refractivity contribution >= 4 is 45.1 Å². The van der Waals surface area contributed by atoms with E-state index in [0.717, 1.165) is 26.5 Å². The number of hydrogen-bond donors (Lipinski definition) is 1. The Labute approximate surface area is 128 Å². The van der Waals surface area contributed by atoms with Gasteiger partial charge in [-0.25, -0.2) is 4.98 Å². The molecular weight excluding hydrogens is 312 g/mol. The average molecular weight is 324 g/mol. The van der Waals surface area contributed by atoms with Crippen molar-refractivity contribution in [3.05, 3.63) is 23.0 Å². The SMILES string of the molecule is Cc1cn2cc(C(=O)NCCN3C(=O)CSC3=O)nc2s1. The Morgan fingerprint density at radius 2 is 2.24 bits per heavy atom. The number of imide groups is 1. The quantitative estimate of drug-likeness (QED) is 0.911. The van der Waals surface area contributed by atoms with Crippen LogP contribution >= 0.6 is 23.1 Å².